The second-order valence-corrected chi connectivity index (χ2v) is 10.4. The number of hydrogen-bond donors (Lipinski definition) is 3. The number of fused-ring (bicyclic) bond motifs is 1. The molecule has 0 aliphatic carbocycles. The van der Waals surface area contributed by atoms with E-state index in [1.165, 1.54) is 24.7 Å². The lowest BCUT2D eigenvalue weighted by Crippen LogP contribution is -2.28. The third-order valence-electron chi connectivity index (χ3n) is 6.36. The van der Waals surface area contributed by atoms with Crippen molar-refractivity contribution >= 4 is 45.1 Å². The Hall–Kier alpha value is -4.56. The Labute approximate surface area is 227 Å². The Morgan fingerprint density at radius 1 is 1.18 bits per heavy atom. The molecule has 0 spiro atoms. The number of hydrogen-bond acceptors (Lipinski definition) is 8. The van der Waals surface area contributed by atoms with Crippen molar-refractivity contribution in [1.29, 1.82) is 5.26 Å². The minimum atomic E-state index is -0.994. The molecule has 3 heterocycles. The van der Waals surface area contributed by atoms with Crippen molar-refractivity contribution in [1.82, 2.24) is 20.3 Å². The Kier molecular flexibility index (Phi) is 7.38. The maximum Gasteiger partial charge on any atom is 0.255 e. The first-order valence-corrected chi connectivity index (χ1v) is 13.0. The van der Waals surface area contributed by atoms with E-state index in [-0.39, 0.29) is 16.4 Å². The van der Waals surface area contributed by atoms with Crippen LogP contribution in [0.15, 0.2) is 61.1 Å². The maximum atomic E-state index is 13.7. The van der Waals surface area contributed by atoms with Gasteiger partial charge in [-0.15, -0.1) is 11.8 Å². The predicted molar refractivity (Wildman–Crippen MR) is 148 cm³/mol. The van der Waals surface area contributed by atoms with Crippen molar-refractivity contribution in [2.75, 3.05) is 17.6 Å². The van der Waals surface area contributed by atoms with Gasteiger partial charge in [0.2, 0.25) is 0 Å². The third-order valence-corrected chi connectivity index (χ3v) is 7.71. The molecule has 8 nitrogen and oxygen atoms in total. The highest BCUT2D eigenvalue weighted by Gasteiger charge is 2.22. The number of aromatic nitrogens is 3. The minimum Gasteiger partial charge on any atom is -0.383 e. The molecule has 2 aromatic carbocycles. The fourth-order valence-electron chi connectivity index (χ4n) is 4.24. The number of nitrogen functional groups attached to an aromatic ring is 1. The quantitative estimate of drug-likeness (QED) is 0.290. The van der Waals surface area contributed by atoms with E-state index < -0.39 is 23.6 Å². The molecule has 5 rings (SSSR count). The minimum absolute atomic E-state index is 0.175. The molecule has 196 valence electrons. The number of nitriles is 1. The normalized spacial score (nSPS) is 15.4. The highest BCUT2D eigenvalue weighted by atomic mass is 32.2. The summed E-state index contributed by atoms with van der Waals surface area (Å²) in [5.41, 5.74) is 8.65. The number of rotatable bonds is 7. The maximum absolute atomic E-state index is 13.7. The molecule has 0 saturated heterocycles. The summed E-state index contributed by atoms with van der Waals surface area (Å²) in [7, 11) is 0. The van der Waals surface area contributed by atoms with Crippen molar-refractivity contribution in [2.45, 2.75) is 24.6 Å². The number of nitrogens with zero attached hydrogens (tertiary/aromatic N) is 4. The SMILES string of the molecule is C[C@H](NC(=O)c1cc(C#N)cnc1NCC1CC=C(c2ccc3ncnc(N)c3c2)S1)c1ccc(F)c(F)c1. The number of carbonyl (C=O) groups is 1. The van der Waals surface area contributed by atoms with Crippen LogP contribution in [0.2, 0.25) is 0 Å². The fraction of sp³-hybridized carbons (Fsp3) is 0.179. The first-order chi connectivity index (χ1) is 18.8. The van der Waals surface area contributed by atoms with Gasteiger partial charge in [-0.1, -0.05) is 18.2 Å². The van der Waals surface area contributed by atoms with E-state index in [4.69, 9.17) is 5.73 Å². The molecule has 2 atom stereocenters. The van der Waals surface area contributed by atoms with Crippen molar-refractivity contribution in [3.8, 4) is 6.07 Å². The van der Waals surface area contributed by atoms with Crippen molar-refractivity contribution in [2.24, 2.45) is 0 Å². The summed E-state index contributed by atoms with van der Waals surface area (Å²) in [4.78, 5) is 26.9. The van der Waals surface area contributed by atoms with Crippen LogP contribution in [0.3, 0.4) is 0 Å². The number of pyridine rings is 1. The number of nitrogens with one attached hydrogen (secondary N) is 2. The topological polar surface area (TPSA) is 130 Å². The molecule has 1 amide bonds. The zero-order chi connectivity index (χ0) is 27.5. The summed E-state index contributed by atoms with van der Waals surface area (Å²) in [6.07, 6.45) is 5.79. The van der Waals surface area contributed by atoms with E-state index in [1.54, 1.807) is 18.7 Å². The number of nitrogens with two attached hydrogens (primary N) is 1. The van der Waals surface area contributed by atoms with E-state index >= 15 is 0 Å². The number of carbonyl (C=O) groups excluding carboxylic acids is 1. The van der Waals surface area contributed by atoms with Crippen molar-refractivity contribution in [3.05, 3.63) is 95.0 Å². The van der Waals surface area contributed by atoms with E-state index in [1.807, 2.05) is 24.3 Å². The van der Waals surface area contributed by atoms with E-state index in [0.29, 0.717) is 23.7 Å². The summed E-state index contributed by atoms with van der Waals surface area (Å²) in [5.74, 6) is -1.69. The van der Waals surface area contributed by atoms with E-state index in [9.17, 15) is 18.8 Å². The average molecular weight is 544 g/mol. The van der Waals surface area contributed by atoms with Gasteiger partial charge in [0.15, 0.2) is 11.6 Å². The van der Waals surface area contributed by atoms with Crippen LogP contribution in [0, 0.1) is 23.0 Å². The van der Waals surface area contributed by atoms with Crippen LogP contribution in [0.1, 0.15) is 46.4 Å². The van der Waals surface area contributed by atoms with Crippen LogP contribution in [-0.4, -0.2) is 32.7 Å². The Morgan fingerprint density at radius 3 is 2.82 bits per heavy atom. The number of anilines is 2. The van der Waals surface area contributed by atoms with Gasteiger partial charge in [-0.2, -0.15) is 5.26 Å². The van der Waals surface area contributed by atoms with Crippen molar-refractivity contribution in [3.63, 3.8) is 0 Å². The van der Waals surface area contributed by atoms with Crippen molar-refractivity contribution < 1.29 is 13.6 Å². The molecule has 0 saturated carbocycles. The summed E-state index contributed by atoms with van der Waals surface area (Å²) in [6.45, 7) is 2.18. The zero-order valence-corrected chi connectivity index (χ0v) is 21.6. The number of allylic oxidation sites excluding steroid dienone is 1. The van der Waals surface area contributed by atoms with Crippen LogP contribution < -0.4 is 16.4 Å². The van der Waals surface area contributed by atoms with Gasteiger partial charge in [0.1, 0.15) is 24.0 Å². The highest BCUT2D eigenvalue weighted by Crippen LogP contribution is 2.40. The molecule has 0 fully saturated rings. The molecule has 0 radical (unpaired) electrons. The molecule has 0 bridgehead atoms. The second-order valence-electron chi connectivity index (χ2n) is 9.02. The fourth-order valence-corrected chi connectivity index (χ4v) is 5.42. The molecule has 1 unspecified atom stereocenters. The molecule has 11 heteroatoms. The number of amides is 1. The smallest absolute Gasteiger partial charge is 0.255 e. The summed E-state index contributed by atoms with van der Waals surface area (Å²) in [5, 5.41) is 16.3. The second kappa shape index (κ2) is 11.0. The molecule has 4 aromatic rings. The average Bonchev–Trinajstić information content (AvgIpc) is 3.42. The highest BCUT2D eigenvalue weighted by molar-refractivity contribution is 8.09. The molecule has 1 aliphatic rings. The largest absolute Gasteiger partial charge is 0.383 e. The standard InChI is InChI=1S/C28H23F2N7OS/c1-15(17-2-5-22(29)23(30)10-17)37-28(38)21-8-16(11-31)12-33-27(21)34-13-19-4-7-25(39-19)18-3-6-24-20(9-18)26(32)36-14-35-24/h2-3,5-10,12,14-15,19H,4,13H2,1H3,(H,33,34)(H,37,38)(H2,32,35,36)/t15-,19?/m0/s1. The Morgan fingerprint density at radius 2 is 2.03 bits per heavy atom. The zero-order valence-electron chi connectivity index (χ0n) is 20.8. The van der Waals surface area contributed by atoms with Crippen LogP contribution in [0.25, 0.3) is 15.8 Å². The third kappa shape index (κ3) is 5.66. The monoisotopic (exact) mass is 543 g/mol. The van der Waals surface area contributed by atoms with Crippen LogP contribution in [0.5, 0.6) is 0 Å². The lowest BCUT2D eigenvalue weighted by atomic mass is 10.1. The van der Waals surface area contributed by atoms with E-state index in [0.717, 1.165) is 39.9 Å². The van der Waals surface area contributed by atoms with Crippen LogP contribution in [0.4, 0.5) is 20.4 Å². The molecule has 2 aromatic heterocycles. The molecular weight excluding hydrogens is 520 g/mol. The molecule has 39 heavy (non-hydrogen) atoms. The number of thioether (sulfide) groups is 1. The molecule has 1 aliphatic heterocycles. The van der Waals surface area contributed by atoms with Gasteiger partial charge in [0.05, 0.1) is 22.7 Å². The lowest BCUT2D eigenvalue weighted by molar-refractivity contribution is 0.0940. The van der Waals surface area contributed by atoms with Crippen LogP contribution >= 0.6 is 11.8 Å². The molecule has 4 N–H and O–H groups in total. The van der Waals surface area contributed by atoms with Gasteiger partial charge < -0.3 is 16.4 Å². The van der Waals surface area contributed by atoms with Gasteiger partial charge in [-0.3, -0.25) is 4.79 Å². The predicted octanol–water partition coefficient (Wildman–Crippen LogP) is 5.21. The van der Waals surface area contributed by atoms with Crippen LogP contribution in [-0.2, 0) is 0 Å². The first-order valence-electron chi connectivity index (χ1n) is 12.1. The Balaban J connectivity index is 1.27. The lowest BCUT2D eigenvalue weighted by Gasteiger charge is -2.18. The summed E-state index contributed by atoms with van der Waals surface area (Å²) >= 11 is 1.70. The number of halogens is 2. The first kappa shape index (κ1) is 26.1. The van der Waals surface area contributed by atoms with Gasteiger partial charge >= 0.3 is 0 Å². The van der Waals surface area contributed by atoms with Gasteiger partial charge in [-0.05, 0) is 54.8 Å². The summed E-state index contributed by atoms with van der Waals surface area (Å²) < 4.78 is 27.0. The van der Waals surface area contributed by atoms with Gasteiger partial charge in [-0.25, -0.2) is 23.7 Å². The number of benzene rings is 2. The van der Waals surface area contributed by atoms with Gasteiger partial charge in [0.25, 0.3) is 5.91 Å². The Bertz CT molecular complexity index is 1650. The van der Waals surface area contributed by atoms with Gasteiger partial charge in [0, 0.05) is 28.3 Å². The summed E-state index contributed by atoms with van der Waals surface area (Å²) in [6, 6.07) is 12.2. The van der Waals surface area contributed by atoms with E-state index in [2.05, 4.69) is 31.7 Å². The molecular formula is C28H23F2N7OS.